The van der Waals surface area contributed by atoms with Crippen molar-refractivity contribution in [1.82, 2.24) is 0 Å². The van der Waals surface area contributed by atoms with E-state index in [1.165, 1.54) is 5.56 Å². The van der Waals surface area contributed by atoms with Gasteiger partial charge in [0.2, 0.25) is 5.91 Å². The Labute approximate surface area is 103 Å². The lowest BCUT2D eigenvalue weighted by Gasteiger charge is -2.26. The van der Waals surface area contributed by atoms with Crippen molar-refractivity contribution in [3.63, 3.8) is 0 Å². The maximum Gasteiger partial charge on any atom is 0.227 e. The Morgan fingerprint density at radius 2 is 2.12 bits per heavy atom. The summed E-state index contributed by atoms with van der Waals surface area (Å²) in [7, 11) is 0. The molecule has 0 bridgehead atoms. The van der Waals surface area contributed by atoms with Gasteiger partial charge in [0, 0.05) is 24.1 Å². The molecule has 0 radical (unpaired) electrons. The molecule has 0 aromatic heterocycles. The van der Waals surface area contributed by atoms with E-state index >= 15 is 0 Å². The van der Waals surface area contributed by atoms with E-state index < -0.39 is 0 Å². The summed E-state index contributed by atoms with van der Waals surface area (Å²) in [5, 5.41) is 0. The molecule has 1 aromatic rings. The Balaban J connectivity index is 2.39. The topological polar surface area (TPSA) is 46.3 Å². The summed E-state index contributed by atoms with van der Waals surface area (Å²) in [6.07, 6.45) is 0.574. The van der Waals surface area contributed by atoms with E-state index in [2.05, 4.69) is 32.0 Å². The predicted octanol–water partition coefficient (Wildman–Crippen LogP) is 2.00. The molecule has 2 N–H and O–H groups in total. The summed E-state index contributed by atoms with van der Waals surface area (Å²) >= 11 is 0. The van der Waals surface area contributed by atoms with Gasteiger partial charge in [-0.2, -0.15) is 0 Å². The van der Waals surface area contributed by atoms with Gasteiger partial charge in [0.1, 0.15) is 0 Å². The third-order valence-electron chi connectivity index (χ3n) is 3.72. The van der Waals surface area contributed by atoms with Crippen molar-refractivity contribution in [2.45, 2.75) is 33.2 Å². The summed E-state index contributed by atoms with van der Waals surface area (Å²) in [6.45, 7) is 6.76. The zero-order chi connectivity index (χ0) is 12.6. The second-order valence-corrected chi connectivity index (χ2v) is 4.99. The van der Waals surface area contributed by atoms with Gasteiger partial charge in [0.25, 0.3) is 0 Å². The van der Waals surface area contributed by atoms with Gasteiger partial charge in [-0.05, 0) is 44.5 Å². The van der Waals surface area contributed by atoms with E-state index in [1.807, 2.05) is 11.8 Å². The number of benzene rings is 1. The first-order valence-electron chi connectivity index (χ1n) is 6.14. The SMILES string of the molecule is Cc1ccc(C)c(N2C(=O)CC(CN)C2C)c1. The van der Waals surface area contributed by atoms with Crippen molar-refractivity contribution < 1.29 is 4.79 Å². The average molecular weight is 232 g/mol. The minimum Gasteiger partial charge on any atom is -0.330 e. The number of aryl methyl sites for hydroxylation is 2. The Morgan fingerprint density at radius 1 is 1.41 bits per heavy atom. The second-order valence-electron chi connectivity index (χ2n) is 4.99. The van der Waals surface area contributed by atoms with Crippen LogP contribution in [0.1, 0.15) is 24.5 Å². The first-order chi connectivity index (χ1) is 8.04. The lowest BCUT2D eigenvalue weighted by Crippen LogP contribution is -2.35. The van der Waals surface area contributed by atoms with Crippen LogP contribution in [0.4, 0.5) is 5.69 Å². The highest BCUT2D eigenvalue weighted by Gasteiger charge is 2.37. The predicted molar refractivity (Wildman–Crippen MR) is 70.0 cm³/mol. The van der Waals surface area contributed by atoms with Crippen molar-refractivity contribution in [1.29, 1.82) is 0 Å². The molecule has 3 heteroatoms. The molecule has 1 amide bonds. The number of anilines is 1. The Bertz CT molecular complexity index is 442. The van der Waals surface area contributed by atoms with E-state index in [-0.39, 0.29) is 17.9 Å². The van der Waals surface area contributed by atoms with E-state index in [4.69, 9.17) is 5.73 Å². The molecule has 1 aromatic carbocycles. The first kappa shape index (κ1) is 12.1. The van der Waals surface area contributed by atoms with Gasteiger partial charge in [-0.15, -0.1) is 0 Å². The molecule has 0 spiro atoms. The van der Waals surface area contributed by atoms with Crippen LogP contribution in [0.25, 0.3) is 0 Å². The minimum absolute atomic E-state index is 0.196. The molecule has 1 fully saturated rings. The van der Waals surface area contributed by atoms with Crippen LogP contribution < -0.4 is 10.6 Å². The lowest BCUT2D eigenvalue weighted by atomic mass is 10.0. The highest BCUT2D eigenvalue weighted by Crippen LogP contribution is 2.32. The summed E-state index contributed by atoms with van der Waals surface area (Å²) in [5.41, 5.74) is 9.08. The molecule has 1 aliphatic rings. The fourth-order valence-corrected chi connectivity index (χ4v) is 2.54. The maximum atomic E-state index is 12.1. The van der Waals surface area contributed by atoms with Crippen molar-refractivity contribution in [3.05, 3.63) is 29.3 Å². The van der Waals surface area contributed by atoms with Gasteiger partial charge >= 0.3 is 0 Å². The minimum atomic E-state index is 0.196. The first-order valence-corrected chi connectivity index (χ1v) is 6.14. The summed E-state index contributed by atoms with van der Waals surface area (Å²) in [4.78, 5) is 14.0. The van der Waals surface area contributed by atoms with Crippen LogP contribution in [0.2, 0.25) is 0 Å². The van der Waals surface area contributed by atoms with Crippen LogP contribution in [0.15, 0.2) is 18.2 Å². The largest absolute Gasteiger partial charge is 0.330 e. The second kappa shape index (κ2) is 4.49. The number of amides is 1. The van der Waals surface area contributed by atoms with E-state index in [0.29, 0.717) is 13.0 Å². The average Bonchev–Trinajstić information content (AvgIpc) is 2.58. The number of hydrogen-bond donors (Lipinski definition) is 1. The lowest BCUT2D eigenvalue weighted by molar-refractivity contribution is -0.117. The third kappa shape index (κ3) is 2.07. The van der Waals surface area contributed by atoms with Crippen molar-refractivity contribution in [2.24, 2.45) is 11.7 Å². The molecule has 17 heavy (non-hydrogen) atoms. The normalized spacial score (nSPS) is 24.5. The fraction of sp³-hybridized carbons (Fsp3) is 0.500. The number of carbonyl (C=O) groups excluding carboxylic acids is 1. The molecule has 1 saturated heterocycles. The van der Waals surface area contributed by atoms with Crippen molar-refractivity contribution in [2.75, 3.05) is 11.4 Å². The fourth-order valence-electron chi connectivity index (χ4n) is 2.54. The zero-order valence-corrected chi connectivity index (χ0v) is 10.7. The number of nitrogens with two attached hydrogens (primary N) is 1. The van der Waals surface area contributed by atoms with Crippen LogP contribution in [0, 0.1) is 19.8 Å². The van der Waals surface area contributed by atoms with Gasteiger partial charge < -0.3 is 10.6 Å². The standard InChI is InChI=1S/C14H20N2O/c1-9-4-5-10(2)13(6-9)16-11(3)12(8-15)7-14(16)17/h4-6,11-12H,7-8,15H2,1-3H3. The van der Waals surface area contributed by atoms with E-state index in [9.17, 15) is 4.79 Å². The van der Waals surface area contributed by atoms with E-state index in [1.54, 1.807) is 0 Å². The number of hydrogen-bond acceptors (Lipinski definition) is 2. The summed E-state index contributed by atoms with van der Waals surface area (Å²) < 4.78 is 0. The maximum absolute atomic E-state index is 12.1. The van der Waals surface area contributed by atoms with Crippen molar-refractivity contribution >= 4 is 11.6 Å². The van der Waals surface area contributed by atoms with Gasteiger partial charge in [0.15, 0.2) is 0 Å². The van der Waals surface area contributed by atoms with Crippen LogP contribution in [0.5, 0.6) is 0 Å². The molecule has 1 aliphatic heterocycles. The molecule has 2 unspecified atom stereocenters. The highest BCUT2D eigenvalue weighted by molar-refractivity contribution is 5.97. The molecular formula is C14H20N2O. The Hall–Kier alpha value is -1.35. The Morgan fingerprint density at radius 3 is 2.71 bits per heavy atom. The molecular weight excluding hydrogens is 212 g/mol. The van der Waals surface area contributed by atoms with Gasteiger partial charge in [-0.3, -0.25) is 4.79 Å². The molecule has 92 valence electrons. The van der Waals surface area contributed by atoms with Gasteiger partial charge in [0.05, 0.1) is 0 Å². The van der Waals surface area contributed by atoms with Crippen molar-refractivity contribution in [3.8, 4) is 0 Å². The molecule has 3 nitrogen and oxygen atoms in total. The smallest absolute Gasteiger partial charge is 0.227 e. The van der Waals surface area contributed by atoms with E-state index in [0.717, 1.165) is 11.3 Å². The highest BCUT2D eigenvalue weighted by atomic mass is 16.2. The van der Waals surface area contributed by atoms with Crippen LogP contribution in [-0.4, -0.2) is 18.5 Å². The van der Waals surface area contributed by atoms with Gasteiger partial charge in [-0.25, -0.2) is 0 Å². The summed E-state index contributed by atoms with van der Waals surface area (Å²) in [6, 6.07) is 6.43. The number of rotatable bonds is 2. The third-order valence-corrected chi connectivity index (χ3v) is 3.72. The monoisotopic (exact) mass is 232 g/mol. The number of nitrogens with zero attached hydrogens (tertiary/aromatic N) is 1. The van der Waals surface area contributed by atoms with Crippen LogP contribution in [0.3, 0.4) is 0 Å². The summed E-state index contributed by atoms with van der Waals surface area (Å²) in [5.74, 6) is 0.476. The van der Waals surface area contributed by atoms with Crippen LogP contribution >= 0.6 is 0 Å². The Kier molecular flexibility index (Phi) is 3.20. The molecule has 0 aliphatic carbocycles. The molecule has 2 atom stereocenters. The van der Waals surface area contributed by atoms with Crippen LogP contribution in [-0.2, 0) is 4.79 Å². The molecule has 0 saturated carbocycles. The molecule has 1 heterocycles. The van der Waals surface area contributed by atoms with Gasteiger partial charge in [-0.1, -0.05) is 12.1 Å². The molecule has 2 rings (SSSR count). The quantitative estimate of drug-likeness (QED) is 0.847. The number of carbonyl (C=O) groups is 1. The zero-order valence-electron chi connectivity index (χ0n) is 10.7.